The molecule has 0 spiro atoms. The van der Waals surface area contributed by atoms with E-state index in [4.69, 9.17) is 9.72 Å². The zero-order valence-corrected chi connectivity index (χ0v) is 21.6. The number of pyridine rings is 1. The molecule has 0 fully saturated rings. The summed E-state index contributed by atoms with van der Waals surface area (Å²) in [6.45, 7) is 1.03. The normalized spacial score (nSPS) is 12.3. The quantitative estimate of drug-likeness (QED) is 0.300. The van der Waals surface area contributed by atoms with Gasteiger partial charge in [0.15, 0.2) is 0 Å². The summed E-state index contributed by atoms with van der Waals surface area (Å²) in [6.07, 6.45) is 0.788. The fourth-order valence-corrected chi connectivity index (χ4v) is 5.06. The summed E-state index contributed by atoms with van der Waals surface area (Å²) in [5.41, 5.74) is 6.69. The highest BCUT2D eigenvalue weighted by Crippen LogP contribution is 2.31. The molecule has 0 atom stereocenters. The largest absolute Gasteiger partial charge is 0.497 e. The third kappa shape index (κ3) is 4.84. The predicted molar refractivity (Wildman–Crippen MR) is 153 cm³/mol. The van der Waals surface area contributed by atoms with Crippen molar-refractivity contribution < 1.29 is 14.3 Å². The fraction of sp³-hybridized carbons (Fsp3) is 0.121. The van der Waals surface area contributed by atoms with E-state index in [0.717, 1.165) is 51.1 Å². The van der Waals surface area contributed by atoms with Crippen LogP contribution in [0.2, 0.25) is 0 Å². The number of hydrogen-bond acceptors (Lipinski definition) is 4. The number of fused-ring (bicyclic) bond motifs is 2. The van der Waals surface area contributed by atoms with Crippen LogP contribution in [0.3, 0.4) is 0 Å². The molecular formula is C33H27N3O3. The summed E-state index contributed by atoms with van der Waals surface area (Å²) in [6, 6.07) is 32.5. The van der Waals surface area contributed by atoms with E-state index >= 15 is 0 Å². The van der Waals surface area contributed by atoms with Crippen molar-refractivity contribution in [3.05, 3.63) is 125 Å². The molecule has 0 saturated carbocycles. The van der Waals surface area contributed by atoms with Crippen molar-refractivity contribution in [1.29, 1.82) is 0 Å². The molecule has 0 radical (unpaired) electrons. The number of nitrogens with zero attached hydrogens (tertiary/aromatic N) is 2. The molecule has 6 heteroatoms. The fourth-order valence-electron chi connectivity index (χ4n) is 5.06. The average Bonchev–Trinajstić information content (AvgIpc) is 3.42. The van der Waals surface area contributed by atoms with Gasteiger partial charge in [0.2, 0.25) is 0 Å². The summed E-state index contributed by atoms with van der Waals surface area (Å²) in [7, 11) is 1.63. The highest BCUT2D eigenvalue weighted by atomic mass is 16.5. The lowest BCUT2D eigenvalue weighted by molar-refractivity contribution is 0.0951. The van der Waals surface area contributed by atoms with Gasteiger partial charge in [-0.3, -0.25) is 9.59 Å². The molecule has 0 aliphatic carbocycles. The lowest BCUT2D eigenvalue weighted by Crippen LogP contribution is -2.28. The number of aromatic nitrogens is 1. The van der Waals surface area contributed by atoms with Gasteiger partial charge in [-0.15, -0.1) is 0 Å². The third-order valence-electron chi connectivity index (χ3n) is 7.11. The van der Waals surface area contributed by atoms with E-state index in [2.05, 4.69) is 11.4 Å². The van der Waals surface area contributed by atoms with E-state index in [9.17, 15) is 9.59 Å². The van der Waals surface area contributed by atoms with Gasteiger partial charge in [-0.1, -0.05) is 48.5 Å². The van der Waals surface area contributed by atoms with Crippen molar-refractivity contribution >= 4 is 28.4 Å². The van der Waals surface area contributed by atoms with E-state index < -0.39 is 0 Å². The molecule has 4 aromatic carbocycles. The number of benzene rings is 4. The minimum absolute atomic E-state index is 0.00707. The van der Waals surface area contributed by atoms with Crippen molar-refractivity contribution in [2.75, 3.05) is 18.6 Å². The van der Waals surface area contributed by atoms with Gasteiger partial charge < -0.3 is 15.0 Å². The number of ether oxygens (including phenoxy) is 1. The molecule has 192 valence electrons. The molecule has 6 rings (SSSR count). The standard InChI is InChI=1S/C33H27N3O3/c1-39-26-14-12-23(13-15-26)30-20-28(27-9-5-6-10-29(27)35-30)32(37)34-21-22-11-16-31-25(19-22)17-18-36(31)33(38)24-7-3-2-4-8-24/h2-16,19-20H,17-18,21H2,1H3,(H,34,37). The van der Waals surface area contributed by atoms with E-state index in [0.29, 0.717) is 24.2 Å². The maximum atomic E-state index is 13.4. The molecule has 1 aliphatic rings. The van der Waals surface area contributed by atoms with Crippen LogP contribution in [-0.4, -0.2) is 30.5 Å². The zero-order chi connectivity index (χ0) is 26.8. The maximum absolute atomic E-state index is 13.4. The SMILES string of the molecule is COc1ccc(-c2cc(C(=O)NCc3ccc4c(c3)CCN4C(=O)c3ccccc3)c3ccccc3n2)cc1. The number of carbonyl (C=O) groups is 2. The number of carbonyl (C=O) groups excluding carboxylic acids is 2. The Bertz CT molecular complexity index is 1680. The number of anilines is 1. The summed E-state index contributed by atoms with van der Waals surface area (Å²) in [5, 5.41) is 3.89. The van der Waals surface area contributed by atoms with Crippen LogP contribution in [0.1, 0.15) is 31.8 Å². The second-order valence-electron chi connectivity index (χ2n) is 9.52. The highest BCUT2D eigenvalue weighted by Gasteiger charge is 2.25. The van der Waals surface area contributed by atoms with E-state index in [1.807, 2.05) is 102 Å². The lowest BCUT2D eigenvalue weighted by atomic mass is 10.0. The summed E-state index contributed by atoms with van der Waals surface area (Å²) >= 11 is 0. The van der Waals surface area contributed by atoms with E-state index in [-0.39, 0.29) is 11.8 Å². The lowest BCUT2D eigenvalue weighted by Gasteiger charge is -2.18. The first-order valence-electron chi connectivity index (χ1n) is 12.9. The number of nitrogens with one attached hydrogen (secondary N) is 1. The molecule has 1 N–H and O–H groups in total. The Kier molecular flexibility index (Phi) is 6.51. The van der Waals surface area contributed by atoms with Crippen LogP contribution in [0.5, 0.6) is 5.75 Å². The van der Waals surface area contributed by atoms with E-state index in [1.54, 1.807) is 7.11 Å². The minimum Gasteiger partial charge on any atom is -0.497 e. The van der Waals surface area contributed by atoms with Crippen molar-refractivity contribution in [3.8, 4) is 17.0 Å². The third-order valence-corrected chi connectivity index (χ3v) is 7.11. The van der Waals surface area contributed by atoms with Crippen molar-refractivity contribution in [2.24, 2.45) is 0 Å². The Morgan fingerprint density at radius 1 is 0.897 bits per heavy atom. The monoisotopic (exact) mass is 513 g/mol. The molecule has 2 heterocycles. The van der Waals surface area contributed by atoms with Gasteiger partial charge in [-0.2, -0.15) is 0 Å². The van der Waals surface area contributed by atoms with Gasteiger partial charge in [-0.25, -0.2) is 4.98 Å². The molecular weight excluding hydrogens is 486 g/mol. The number of methoxy groups -OCH3 is 1. The Hall–Kier alpha value is -4.97. The second kappa shape index (κ2) is 10.4. The Labute approximate surface area is 226 Å². The van der Waals surface area contributed by atoms with Gasteiger partial charge in [-0.05, 0) is 72.1 Å². The number of para-hydroxylation sites is 1. The van der Waals surface area contributed by atoms with Gasteiger partial charge in [0.25, 0.3) is 11.8 Å². The van der Waals surface area contributed by atoms with Gasteiger partial charge in [0.05, 0.1) is 23.9 Å². The Morgan fingerprint density at radius 2 is 1.67 bits per heavy atom. The number of rotatable bonds is 6. The highest BCUT2D eigenvalue weighted by molar-refractivity contribution is 6.08. The molecule has 1 aliphatic heterocycles. The van der Waals surface area contributed by atoms with Gasteiger partial charge in [0, 0.05) is 35.3 Å². The van der Waals surface area contributed by atoms with Crippen LogP contribution in [-0.2, 0) is 13.0 Å². The molecule has 0 unspecified atom stereocenters. The van der Waals surface area contributed by atoms with Crippen LogP contribution in [0.4, 0.5) is 5.69 Å². The zero-order valence-electron chi connectivity index (χ0n) is 21.6. The van der Waals surface area contributed by atoms with Crippen molar-refractivity contribution in [2.45, 2.75) is 13.0 Å². The molecule has 0 bridgehead atoms. The predicted octanol–water partition coefficient (Wildman–Crippen LogP) is 6.04. The second-order valence-corrected chi connectivity index (χ2v) is 9.52. The van der Waals surface area contributed by atoms with Crippen LogP contribution in [0.15, 0.2) is 103 Å². The number of amides is 2. The molecule has 6 nitrogen and oxygen atoms in total. The smallest absolute Gasteiger partial charge is 0.258 e. The van der Waals surface area contributed by atoms with Gasteiger partial charge >= 0.3 is 0 Å². The summed E-state index contributed by atoms with van der Waals surface area (Å²) in [5.74, 6) is 0.608. The van der Waals surface area contributed by atoms with Crippen molar-refractivity contribution in [3.63, 3.8) is 0 Å². The number of hydrogen-bond donors (Lipinski definition) is 1. The minimum atomic E-state index is -0.162. The van der Waals surface area contributed by atoms with Crippen LogP contribution >= 0.6 is 0 Å². The van der Waals surface area contributed by atoms with Crippen LogP contribution in [0.25, 0.3) is 22.2 Å². The first kappa shape index (κ1) is 24.4. The topological polar surface area (TPSA) is 71.5 Å². The van der Waals surface area contributed by atoms with Crippen molar-refractivity contribution in [1.82, 2.24) is 10.3 Å². The molecule has 0 saturated heterocycles. The summed E-state index contributed by atoms with van der Waals surface area (Å²) in [4.78, 5) is 33.1. The van der Waals surface area contributed by atoms with E-state index in [1.165, 1.54) is 0 Å². The molecule has 5 aromatic rings. The average molecular weight is 514 g/mol. The molecule has 2 amide bonds. The maximum Gasteiger partial charge on any atom is 0.258 e. The van der Waals surface area contributed by atoms with Gasteiger partial charge in [0.1, 0.15) is 5.75 Å². The Morgan fingerprint density at radius 3 is 2.46 bits per heavy atom. The van der Waals surface area contributed by atoms with Crippen LogP contribution < -0.4 is 15.0 Å². The first-order valence-corrected chi connectivity index (χ1v) is 12.9. The Balaban J connectivity index is 1.22. The summed E-state index contributed by atoms with van der Waals surface area (Å²) < 4.78 is 5.27. The molecule has 1 aromatic heterocycles. The molecule has 39 heavy (non-hydrogen) atoms. The first-order chi connectivity index (χ1) is 19.1. The van der Waals surface area contributed by atoms with Crippen LogP contribution in [0, 0.1) is 0 Å².